The lowest BCUT2D eigenvalue weighted by molar-refractivity contribution is -0.149. The highest BCUT2D eigenvalue weighted by Gasteiger charge is 2.37. The summed E-state index contributed by atoms with van der Waals surface area (Å²) in [5.74, 6) is -1.79. The summed E-state index contributed by atoms with van der Waals surface area (Å²) in [6.07, 6.45) is -7.07. The number of alkyl halides is 3. The van der Waals surface area contributed by atoms with E-state index in [4.69, 9.17) is 21.8 Å². The maximum absolute atomic E-state index is 12.5. The van der Waals surface area contributed by atoms with Gasteiger partial charge >= 0.3 is 12.1 Å². The number of rotatable bonds is 2. The molecule has 1 rings (SSSR count). The number of aliphatic hydroxyl groups is 1. The van der Waals surface area contributed by atoms with Crippen molar-refractivity contribution in [2.75, 3.05) is 0 Å². The second kappa shape index (κ2) is 4.31. The molecule has 0 aliphatic heterocycles. The molecule has 0 saturated heterocycles. The zero-order valence-electron chi connectivity index (χ0n) is 7.62. The van der Waals surface area contributed by atoms with Crippen molar-refractivity contribution in [1.29, 1.82) is 0 Å². The van der Waals surface area contributed by atoms with Gasteiger partial charge in [0.25, 0.3) is 0 Å². The zero-order valence-corrected chi connectivity index (χ0v) is 8.38. The third-order valence-corrected chi connectivity index (χ3v) is 2.20. The van der Waals surface area contributed by atoms with Crippen molar-refractivity contribution >= 4 is 17.6 Å². The summed E-state index contributed by atoms with van der Waals surface area (Å²) in [5, 5.41) is 17.2. The van der Waals surface area contributed by atoms with Crippen LogP contribution < -0.4 is 0 Å². The standard InChI is InChI=1S/C9H6ClF3O3/c10-5-3-1-2-4(9(11,12)13)6(5)7(14)8(15)16/h1-3,7,14H,(H,15,16)/t7-/m0/s1. The Hall–Kier alpha value is -1.27. The number of aliphatic hydroxyl groups excluding tert-OH is 1. The van der Waals surface area contributed by atoms with E-state index in [9.17, 15) is 18.0 Å². The number of carbonyl (C=O) groups is 1. The molecule has 0 unspecified atom stereocenters. The lowest BCUT2D eigenvalue weighted by Gasteiger charge is -2.16. The van der Waals surface area contributed by atoms with E-state index >= 15 is 0 Å². The molecule has 0 amide bonds. The predicted octanol–water partition coefficient (Wildman–Crippen LogP) is 2.48. The normalized spacial score (nSPS) is 13.6. The number of aliphatic carboxylic acids is 1. The molecule has 0 spiro atoms. The third-order valence-electron chi connectivity index (χ3n) is 1.87. The monoisotopic (exact) mass is 254 g/mol. The van der Waals surface area contributed by atoms with Gasteiger partial charge in [0.15, 0.2) is 6.10 Å². The van der Waals surface area contributed by atoms with E-state index in [0.29, 0.717) is 6.07 Å². The highest BCUT2D eigenvalue weighted by Crippen LogP contribution is 2.38. The number of halogens is 4. The van der Waals surface area contributed by atoms with Crippen LogP contribution in [0, 0.1) is 0 Å². The van der Waals surface area contributed by atoms with Gasteiger partial charge in [0.1, 0.15) is 0 Å². The minimum atomic E-state index is -4.77. The van der Waals surface area contributed by atoms with E-state index < -0.39 is 34.4 Å². The Balaban J connectivity index is 3.41. The van der Waals surface area contributed by atoms with Crippen LogP contribution in [-0.4, -0.2) is 16.2 Å². The first-order valence-corrected chi connectivity index (χ1v) is 4.39. The van der Waals surface area contributed by atoms with E-state index in [-0.39, 0.29) is 0 Å². The van der Waals surface area contributed by atoms with Gasteiger partial charge in [-0.05, 0) is 12.1 Å². The van der Waals surface area contributed by atoms with Gasteiger partial charge in [-0.1, -0.05) is 17.7 Å². The van der Waals surface area contributed by atoms with Gasteiger partial charge in [-0.25, -0.2) is 4.79 Å². The Bertz CT molecular complexity index is 417. The topological polar surface area (TPSA) is 57.5 Å². The first-order valence-electron chi connectivity index (χ1n) is 4.01. The molecular formula is C9H6ClF3O3. The van der Waals surface area contributed by atoms with Crippen LogP contribution in [-0.2, 0) is 11.0 Å². The summed E-state index contributed by atoms with van der Waals surface area (Å²) in [7, 11) is 0. The van der Waals surface area contributed by atoms with Crippen molar-refractivity contribution in [3.8, 4) is 0 Å². The molecule has 7 heteroatoms. The van der Waals surface area contributed by atoms with Gasteiger partial charge < -0.3 is 10.2 Å². The Morgan fingerprint density at radius 3 is 2.38 bits per heavy atom. The predicted molar refractivity (Wildman–Crippen MR) is 49.0 cm³/mol. The molecule has 0 aliphatic rings. The van der Waals surface area contributed by atoms with Gasteiger partial charge in [0, 0.05) is 10.6 Å². The highest BCUT2D eigenvalue weighted by atomic mass is 35.5. The molecular weight excluding hydrogens is 249 g/mol. The van der Waals surface area contributed by atoms with Gasteiger partial charge in [-0.15, -0.1) is 0 Å². The van der Waals surface area contributed by atoms with Crippen molar-refractivity contribution < 1.29 is 28.2 Å². The number of hydrogen-bond donors (Lipinski definition) is 2. The van der Waals surface area contributed by atoms with Crippen molar-refractivity contribution in [3.63, 3.8) is 0 Å². The van der Waals surface area contributed by atoms with Crippen molar-refractivity contribution in [2.24, 2.45) is 0 Å². The zero-order chi connectivity index (χ0) is 12.5. The fraction of sp³-hybridized carbons (Fsp3) is 0.222. The minimum absolute atomic E-state index is 0.440. The van der Waals surface area contributed by atoms with Crippen LogP contribution in [0.15, 0.2) is 18.2 Å². The largest absolute Gasteiger partial charge is 0.479 e. The smallest absolute Gasteiger partial charge is 0.416 e. The van der Waals surface area contributed by atoms with Crippen molar-refractivity contribution in [1.82, 2.24) is 0 Å². The molecule has 88 valence electrons. The maximum Gasteiger partial charge on any atom is 0.416 e. The molecule has 0 radical (unpaired) electrons. The van der Waals surface area contributed by atoms with Crippen LogP contribution in [0.4, 0.5) is 13.2 Å². The molecule has 16 heavy (non-hydrogen) atoms. The quantitative estimate of drug-likeness (QED) is 0.852. The third kappa shape index (κ3) is 2.45. The first-order chi connectivity index (χ1) is 7.25. The summed E-state index contributed by atoms with van der Waals surface area (Å²) in [4.78, 5) is 10.5. The fourth-order valence-corrected chi connectivity index (χ4v) is 1.46. The summed E-state index contributed by atoms with van der Waals surface area (Å²) in [6, 6.07) is 2.77. The molecule has 0 heterocycles. The molecule has 3 nitrogen and oxygen atoms in total. The van der Waals surface area contributed by atoms with Crippen LogP contribution >= 0.6 is 11.6 Å². The molecule has 1 atom stereocenters. The average Bonchev–Trinajstić information content (AvgIpc) is 2.14. The van der Waals surface area contributed by atoms with E-state index in [0.717, 1.165) is 12.1 Å². The van der Waals surface area contributed by atoms with Gasteiger partial charge in [-0.3, -0.25) is 0 Å². The van der Waals surface area contributed by atoms with E-state index in [2.05, 4.69) is 0 Å². The maximum atomic E-state index is 12.5. The number of hydrogen-bond acceptors (Lipinski definition) is 2. The van der Waals surface area contributed by atoms with Crippen molar-refractivity contribution in [2.45, 2.75) is 12.3 Å². The first kappa shape index (κ1) is 12.8. The molecule has 2 N–H and O–H groups in total. The van der Waals surface area contributed by atoms with Crippen LogP contribution in [0.3, 0.4) is 0 Å². The Morgan fingerprint density at radius 2 is 1.94 bits per heavy atom. The average molecular weight is 255 g/mol. The van der Waals surface area contributed by atoms with Gasteiger partial charge in [-0.2, -0.15) is 13.2 Å². The van der Waals surface area contributed by atoms with Crippen LogP contribution in [0.5, 0.6) is 0 Å². The highest BCUT2D eigenvalue weighted by molar-refractivity contribution is 6.31. The Labute approximate surface area is 93.1 Å². The second-order valence-corrected chi connectivity index (χ2v) is 3.35. The van der Waals surface area contributed by atoms with Gasteiger partial charge in [0.05, 0.1) is 5.56 Å². The SMILES string of the molecule is O=C(O)[C@@H](O)c1c(Cl)cccc1C(F)(F)F. The van der Waals surface area contributed by atoms with Crippen LogP contribution in [0.1, 0.15) is 17.2 Å². The lowest BCUT2D eigenvalue weighted by Crippen LogP contribution is -2.17. The molecule has 1 aromatic rings. The molecule has 0 aromatic heterocycles. The second-order valence-electron chi connectivity index (χ2n) is 2.94. The van der Waals surface area contributed by atoms with E-state index in [1.54, 1.807) is 0 Å². The summed E-state index contributed by atoms with van der Waals surface area (Å²) in [5.41, 5.74) is -2.10. The van der Waals surface area contributed by atoms with Crippen LogP contribution in [0.2, 0.25) is 5.02 Å². The molecule has 1 aromatic carbocycles. The number of carboxylic acids is 1. The fourth-order valence-electron chi connectivity index (χ4n) is 1.19. The van der Waals surface area contributed by atoms with Crippen molar-refractivity contribution in [3.05, 3.63) is 34.3 Å². The molecule has 0 aliphatic carbocycles. The molecule has 0 bridgehead atoms. The number of benzene rings is 1. The summed E-state index contributed by atoms with van der Waals surface area (Å²) >= 11 is 5.45. The van der Waals surface area contributed by atoms with Gasteiger partial charge in [0.2, 0.25) is 0 Å². The van der Waals surface area contributed by atoms with E-state index in [1.165, 1.54) is 0 Å². The Morgan fingerprint density at radius 1 is 1.38 bits per heavy atom. The minimum Gasteiger partial charge on any atom is -0.479 e. The molecule has 0 fully saturated rings. The summed E-state index contributed by atoms with van der Waals surface area (Å²) < 4.78 is 37.5. The van der Waals surface area contributed by atoms with Crippen LogP contribution in [0.25, 0.3) is 0 Å². The van der Waals surface area contributed by atoms with E-state index in [1.807, 2.05) is 0 Å². The summed E-state index contributed by atoms with van der Waals surface area (Å²) in [6.45, 7) is 0. The molecule has 0 saturated carbocycles. The lowest BCUT2D eigenvalue weighted by atomic mass is 10.0. The Kier molecular flexibility index (Phi) is 3.44. The number of carboxylic acid groups (broad SMARTS) is 1.